The van der Waals surface area contributed by atoms with Gasteiger partial charge in [-0.25, -0.2) is 8.42 Å². The van der Waals surface area contributed by atoms with Crippen molar-refractivity contribution in [2.75, 3.05) is 32.4 Å². The lowest BCUT2D eigenvalue weighted by atomic mass is 10.2. The summed E-state index contributed by atoms with van der Waals surface area (Å²) < 4.78 is 23.7. The molecule has 1 atom stereocenters. The minimum atomic E-state index is -3.14. The van der Waals surface area contributed by atoms with Gasteiger partial charge in [0.2, 0.25) is 10.0 Å². The van der Waals surface area contributed by atoms with Gasteiger partial charge in [0.15, 0.2) is 0 Å². The van der Waals surface area contributed by atoms with E-state index in [-0.39, 0.29) is 0 Å². The van der Waals surface area contributed by atoms with Gasteiger partial charge in [-0.1, -0.05) is 0 Å². The molecule has 0 aromatic carbocycles. The van der Waals surface area contributed by atoms with Crippen LogP contribution in [0.3, 0.4) is 0 Å². The van der Waals surface area contributed by atoms with Crippen LogP contribution in [-0.2, 0) is 14.8 Å². The Morgan fingerprint density at radius 2 is 1.73 bits per heavy atom. The maximum Gasteiger partial charge on any atom is 0.320 e. The van der Waals surface area contributed by atoms with Crippen LogP contribution in [0.5, 0.6) is 0 Å². The predicted octanol–water partition coefficient (Wildman–Crippen LogP) is -0.963. The summed E-state index contributed by atoms with van der Waals surface area (Å²) >= 11 is 0. The summed E-state index contributed by atoms with van der Waals surface area (Å²) in [6.07, 6.45) is 1.17. The van der Waals surface area contributed by atoms with E-state index in [0.717, 1.165) is 0 Å². The number of carboxylic acids is 1. The Balaban J connectivity index is 2.53. The van der Waals surface area contributed by atoms with Crippen LogP contribution in [0, 0.1) is 0 Å². The molecule has 0 bridgehead atoms. The molecule has 1 rings (SSSR count). The molecule has 1 heterocycles. The highest BCUT2D eigenvalue weighted by molar-refractivity contribution is 7.88. The number of sulfonamides is 1. The Bertz CT molecular complexity index is 333. The number of carbonyl (C=O) groups is 1. The number of hydrogen-bond acceptors (Lipinski definition) is 4. The van der Waals surface area contributed by atoms with E-state index in [1.165, 1.54) is 10.6 Å². The second-order valence-corrected chi connectivity index (χ2v) is 5.69. The van der Waals surface area contributed by atoms with E-state index >= 15 is 0 Å². The Hall–Kier alpha value is -0.660. The SMILES string of the molecule is CC(C(=O)O)N1CCN(S(C)(=O)=O)CC1. The molecule has 88 valence electrons. The van der Waals surface area contributed by atoms with Gasteiger partial charge < -0.3 is 5.11 Å². The van der Waals surface area contributed by atoms with E-state index in [2.05, 4.69) is 0 Å². The molecule has 15 heavy (non-hydrogen) atoms. The van der Waals surface area contributed by atoms with Gasteiger partial charge in [-0.2, -0.15) is 4.31 Å². The van der Waals surface area contributed by atoms with E-state index in [1.54, 1.807) is 11.8 Å². The zero-order chi connectivity index (χ0) is 11.6. The molecule has 0 aliphatic carbocycles. The van der Waals surface area contributed by atoms with Crippen LogP contribution in [-0.4, -0.2) is 67.2 Å². The van der Waals surface area contributed by atoms with Gasteiger partial charge in [-0.05, 0) is 6.92 Å². The number of aliphatic carboxylic acids is 1. The van der Waals surface area contributed by atoms with Gasteiger partial charge in [-0.3, -0.25) is 9.69 Å². The lowest BCUT2D eigenvalue weighted by Gasteiger charge is -2.35. The first kappa shape index (κ1) is 12.4. The summed E-state index contributed by atoms with van der Waals surface area (Å²) in [7, 11) is -3.14. The van der Waals surface area contributed by atoms with E-state index in [9.17, 15) is 13.2 Å². The Kier molecular flexibility index (Phi) is 3.69. The molecule has 7 heteroatoms. The maximum atomic E-state index is 11.2. The standard InChI is InChI=1S/C8H16N2O4S/c1-7(8(11)12)9-3-5-10(6-4-9)15(2,13)14/h7H,3-6H2,1-2H3,(H,11,12). The Morgan fingerprint density at radius 3 is 2.07 bits per heavy atom. The zero-order valence-corrected chi connectivity index (χ0v) is 9.70. The fourth-order valence-electron chi connectivity index (χ4n) is 1.58. The predicted molar refractivity (Wildman–Crippen MR) is 55.1 cm³/mol. The molecule has 1 unspecified atom stereocenters. The lowest BCUT2D eigenvalue weighted by molar-refractivity contribution is -0.143. The quantitative estimate of drug-likeness (QED) is 0.682. The molecule has 0 spiro atoms. The lowest BCUT2D eigenvalue weighted by Crippen LogP contribution is -2.52. The molecule has 1 N–H and O–H groups in total. The average Bonchev–Trinajstić information content (AvgIpc) is 2.15. The molecule has 1 fully saturated rings. The zero-order valence-electron chi connectivity index (χ0n) is 8.88. The molecular formula is C8H16N2O4S. The van der Waals surface area contributed by atoms with Gasteiger partial charge in [-0.15, -0.1) is 0 Å². The van der Waals surface area contributed by atoms with Crippen molar-refractivity contribution in [1.29, 1.82) is 0 Å². The van der Waals surface area contributed by atoms with Crippen molar-refractivity contribution in [2.45, 2.75) is 13.0 Å². The number of hydrogen-bond donors (Lipinski definition) is 1. The highest BCUT2D eigenvalue weighted by Crippen LogP contribution is 2.09. The van der Waals surface area contributed by atoms with Crippen LogP contribution < -0.4 is 0 Å². The average molecular weight is 236 g/mol. The second-order valence-electron chi connectivity index (χ2n) is 3.71. The van der Waals surface area contributed by atoms with Crippen molar-refractivity contribution in [3.63, 3.8) is 0 Å². The van der Waals surface area contributed by atoms with Crippen LogP contribution in [0.2, 0.25) is 0 Å². The molecule has 0 aromatic heterocycles. The van der Waals surface area contributed by atoms with Gasteiger partial charge in [0.1, 0.15) is 6.04 Å². The van der Waals surface area contributed by atoms with Gasteiger partial charge in [0, 0.05) is 26.2 Å². The van der Waals surface area contributed by atoms with Crippen molar-refractivity contribution in [3.8, 4) is 0 Å². The van der Waals surface area contributed by atoms with E-state index < -0.39 is 22.0 Å². The first-order chi connectivity index (χ1) is 6.82. The highest BCUT2D eigenvalue weighted by Gasteiger charge is 2.28. The van der Waals surface area contributed by atoms with Crippen molar-refractivity contribution in [1.82, 2.24) is 9.21 Å². The number of carboxylic acid groups (broad SMARTS) is 1. The van der Waals surface area contributed by atoms with E-state index in [0.29, 0.717) is 26.2 Å². The maximum absolute atomic E-state index is 11.2. The smallest absolute Gasteiger partial charge is 0.320 e. The fraction of sp³-hybridized carbons (Fsp3) is 0.875. The third-order valence-corrected chi connectivity index (χ3v) is 3.95. The first-order valence-electron chi connectivity index (χ1n) is 4.74. The van der Waals surface area contributed by atoms with Crippen molar-refractivity contribution >= 4 is 16.0 Å². The minimum Gasteiger partial charge on any atom is -0.480 e. The highest BCUT2D eigenvalue weighted by atomic mass is 32.2. The monoisotopic (exact) mass is 236 g/mol. The minimum absolute atomic E-state index is 0.371. The molecule has 0 radical (unpaired) electrons. The molecule has 0 amide bonds. The molecule has 1 aliphatic heterocycles. The summed E-state index contributed by atoms with van der Waals surface area (Å²) in [5.41, 5.74) is 0. The van der Waals surface area contributed by atoms with Gasteiger partial charge in [0.25, 0.3) is 0 Å². The van der Waals surface area contributed by atoms with Crippen LogP contribution in [0.25, 0.3) is 0 Å². The topological polar surface area (TPSA) is 77.9 Å². The van der Waals surface area contributed by atoms with Gasteiger partial charge in [0.05, 0.1) is 6.26 Å². The summed E-state index contributed by atoms with van der Waals surface area (Å²) in [6, 6.07) is -0.549. The number of piperazine rings is 1. The first-order valence-corrected chi connectivity index (χ1v) is 6.59. The molecule has 0 aromatic rings. The van der Waals surface area contributed by atoms with Crippen LogP contribution in [0.1, 0.15) is 6.92 Å². The molecule has 6 nitrogen and oxygen atoms in total. The summed E-state index contributed by atoms with van der Waals surface area (Å²) in [5.74, 6) is -0.872. The third kappa shape index (κ3) is 3.15. The van der Waals surface area contributed by atoms with Crippen LogP contribution in [0.4, 0.5) is 0 Å². The number of rotatable bonds is 3. The largest absolute Gasteiger partial charge is 0.480 e. The second kappa shape index (κ2) is 4.46. The van der Waals surface area contributed by atoms with E-state index in [1.807, 2.05) is 0 Å². The summed E-state index contributed by atoms with van der Waals surface area (Å²) in [4.78, 5) is 12.5. The normalized spacial score (nSPS) is 22.5. The van der Waals surface area contributed by atoms with Crippen LogP contribution in [0.15, 0.2) is 0 Å². The molecule has 0 saturated carbocycles. The Morgan fingerprint density at radius 1 is 1.27 bits per heavy atom. The Labute approximate surface area is 89.5 Å². The third-order valence-electron chi connectivity index (χ3n) is 2.65. The van der Waals surface area contributed by atoms with Gasteiger partial charge >= 0.3 is 5.97 Å². The summed E-state index contributed by atoms with van der Waals surface area (Å²) in [6.45, 7) is 3.30. The van der Waals surface area contributed by atoms with Crippen LogP contribution >= 0.6 is 0 Å². The van der Waals surface area contributed by atoms with E-state index in [4.69, 9.17) is 5.11 Å². The fourth-order valence-corrected chi connectivity index (χ4v) is 2.41. The summed E-state index contributed by atoms with van der Waals surface area (Å²) in [5, 5.41) is 8.79. The van der Waals surface area contributed by atoms with Crippen molar-refractivity contribution in [3.05, 3.63) is 0 Å². The molecule has 1 aliphatic rings. The van der Waals surface area contributed by atoms with Crippen molar-refractivity contribution in [2.24, 2.45) is 0 Å². The molecule has 1 saturated heterocycles. The number of nitrogens with zero attached hydrogens (tertiary/aromatic N) is 2. The van der Waals surface area contributed by atoms with Crippen molar-refractivity contribution < 1.29 is 18.3 Å². The molecular weight excluding hydrogens is 220 g/mol.